The van der Waals surface area contributed by atoms with Gasteiger partial charge < -0.3 is 4.74 Å². The van der Waals surface area contributed by atoms with E-state index in [1.54, 1.807) is 31.5 Å². The molecule has 0 aliphatic rings. The Morgan fingerprint density at radius 2 is 2.06 bits per heavy atom. The number of hydrogen-bond acceptors (Lipinski definition) is 4. The molecule has 18 heavy (non-hydrogen) atoms. The van der Waals surface area contributed by atoms with Gasteiger partial charge in [-0.3, -0.25) is 4.98 Å². The number of carbonyl (C=O) groups is 1. The Hall–Kier alpha value is -2.30. The van der Waals surface area contributed by atoms with E-state index in [9.17, 15) is 9.18 Å². The first-order valence-electron chi connectivity index (χ1n) is 5.45. The highest BCUT2D eigenvalue weighted by molar-refractivity contribution is 5.90. The molecule has 5 heteroatoms. The molecule has 0 saturated carbocycles. The average molecular weight is 246 g/mol. The van der Waals surface area contributed by atoms with Crippen molar-refractivity contribution in [1.82, 2.24) is 9.97 Å². The van der Waals surface area contributed by atoms with Gasteiger partial charge in [0.1, 0.15) is 5.56 Å². The summed E-state index contributed by atoms with van der Waals surface area (Å²) in [5, 5.41) is 0. The van der Waals surface area contributed by atoms with Gasteiger partial charge in [-0.1, -0.05) is 0 Å². The van der Waals surface area contributed by atoms with Gasteiger partial charge in [0.15, 0.2) is 0 Å². The molecular weight excluding hydrogens is 235 g/mol. The Morgan fingerprint density at radius 3 is 2.72 bits per heavy atom. The number of esters is 1. The molecule has 2 rings (SSSR count). The van der Waals surface area contributed by atoms with Crippen LogP contribution >= 0.6 is 0 Å². The van der Waals surface area contributed by atoms with Gasteiger partial charge in [-0.05, 0) is 30.7 Å². The van der Waals surface area contributed by atoms with Crippen LogP contribution in [0.5, 0.6) is 0 Å². The fourth-order valence-electron chi connectivity index (χ4n) is 1.50. The third kappa shape index (κ3) is 2.51. The molecule has 0 radical (unpaired) electrons. The normalized spacial score (nSPS) is 10.1. The number of carbonyl (C=O) groups excluding carboxylic acids is 1. The lowest BCUT2D eigenvalue weighted by molar-refractivity contribution is 0.0520. The zero-order valence-electron chi connectivity index (χ0n) is 9.76. The first-order valence-corrected chi connectivity index (χ1v) is 5.45. The molecule has 0 N–H and O–H groups in total. The van der Waals surface area contributed by atoms with Gasteiger partial charge in [-0.2, -0.15) is 4.39 Å². The zero-order valence-corrected chi connectivity index (χ0v) is 9.76. The van der Waals surface area contributed by atoms with E-state index < -0.39 is 11.9 Å². The molecular formula is C13H11FN2O2. The van der Waals surface area contributed by atoms with Crippen molar-refractivity contribution in [3.8, 4) is 11.1 Å². The first-order chi connectivity index (χ1) is 8.72. The van der Waals surface area contributed by atoms with Crippen LogP contribution in [0.2, 0.25) is 0 Å². The van der Waals surface area contributed by atoms with Gasteiger partial charge in [0.25, 0.3) is 0 Å². The van der Waals surface area contributed by atoms with Crippen LogP contribution in [-0.2, 0) is 4.74 Å². The molecule has 0 saturated heterocycles. The van der Waals surface area contributed by atoms with E-state index in [0.29, 0.717) is 5.56 Å². The maximum atomic E-state index is 13.4. The molecule has 0 amide bonds. The SMILES string of the molecule is CCOC(=O)c1cc(-c2ccncc2)cnc1F. The Labute approximate surface area is 103 Å². The van der Waals surface area contributed by atoms with Crippen LogP contribution in [-0.4, -0.2) is 22.5 Å². The number of pyridine rings is 2. The van der Waals surface area contributed by atoms with Crippen molar-refractivity contribution in [1.29, 1.82) is 0 Å². The highest BCUT2D eigenvalue weighted by Crippen LogP contribution is 2.20. The quantitative estimate of drug-likeness (QED) is 0.616. The molecule has 0 unspecified atom stereocenters. The van der Waals surface area contributed by atoms with Crippen molar-refractivity contribution in [2.24, 2.45) is 0 Å². The van der Waals surface area contributed by atoms with Gasteiger partial charge in [-0.15, -0.1) is 0 Å². The second kappa shape index (κ2) is 5.35. The van der Waals surface area contributed by atoms with Crippen LogP contribution in [0, 0.1) is 5.95 Å². The summed E-state index contributed by atoms with van der Waals surface area (Å²) in [4.78, 5) is 19.0. The third-order valence-corrected chi connectivity index (χ3v) is 2.35. The summed E-state index contributed by atoms with van der Waals surface area (Å²) in [5.41, 5.74) is 1.29. The van der Waals surface area contributed by atoms with Crippen LogP contribution < -0.4 is 0 Å². The number of hydrogen-bond donors (Lipinski definition) is 0. The lowest BCUT2D eigenvalue weighted by Gasteiger charge is -2.05. The van der Waals surface area contributed by atoms with Gasteiger partial charge in [-0.25, -0.2) is 9.78 Å². The number of nitrogens with zero attached hydrogens (tertiary/aromatic N) is 2. The summed E-state index contributed by atoms with van der Waals surface area (Å²) in [6.45, 7) is 1.85. The number of ether oxygens (including phenoxy) is 1. The van der Waals surface area contributed by atoms with E-state index >= 15 is 0 Å². The molecule has 92 valence electrons. The minimum absolute atomic E-state index is 0.161. The van der Waals surface area contributed by atoms with Crippen LogP contribution in [0.25, 0.3) is 11.1 Å². The van der Waals surface area contributed by atoms with E-state index in [2.05, 4.69) is 9.97 Å². The van der Waals surface area contributed by atoms with Gasteiger partial charge in [0.2, 0.25) is 5.95 Å². The van der Waals surface area contributed by atoms with Gasteiger partial charge in [0.05, 0.1) is 6.61 Å². The van der Waals surface area contributed by atoms with E-state index in [4.69, 9.17) is 4.74 Å². The van der Waals surface area contributed by atoms with Crippen molar-refractivity contribution in [2.45, 2.75) is 6.92 Å². The molecule has 0 aromatic carbocycles. The maximum Gasteiger partial charge on any atom is 0.342 e. The van der Waals surface area contributed by atoms with Crippen LogP contribution in [0.1, 0.15) is 17.3 Å². The van der Waals surface area contributed by atoms with E-state index in [0.717, 1.165) is 5.56 Å². The molecule has 0 fully saturated rings. The van der Waals surface area contributed by atoms with E-state index in [-0.39, 0.29) is 12.2 Å². The summed E-state index contributed by atoms with van der Waals surface area (Å²) >= 11 is 0. The Bertz CT molecular complexity index is 558. The standard InChI is InChI=1S/C13H11FN2O2/c1-2-18-13(17)11-7-10(8-16-12(11)14)9-3-5-15-6-4-9/h3-8H,2H2,1H3. The summed E-state index contributed by atoms with van der Waals surface area (Å²) in [5.74, 6) is -1.54. The van der Waals surface area contributed by atoms with Crippen LogP contribution in [0.15, 0.2) is 36.8 Å². The van der Waals surface area contributed by atoms with Crippen molar-refractivity contribution < 1.29 is 13.9 Å². The molecule has 2 aromatic rings. The van der Waals surface area contributed by atoms with Gasteiger partial charge in [0, 0.05) is 24.2 Å². The third-order valence-electron chi connectivity index (χ3n) is 2.35. The van der Waals surface area contributed by atoms with Gasteiger partial charge >= 0.3 is 5.97 Å². The molecule has 2 heterocycles. The van der Waals surface area contributed by atoms with Crippen LogP contribution in [0.4, 0.5) is 4.39 Å². The summed E-state index contributed by atoms with van der Waals surface area (Å²) in [6.07, 6.45) is 4.60. The largest absolute Gasteiger partial charge is 0.462 e. The molecule has 2 aromatic heterocycles. The zero-order chi connectivity index (χ0) is 13.0. The molecule has 0 bridgehead atoms. The number of aromatic nitrogens is 2. The fourth-order valence-corrected chi connectivity index (χ4v) is 1.50. The summed E-state index contributed by atoms with van der Waals surface area (Å²) in [7, 11) is 0. The van der Waals surface area contributed by atoms with Crippen molar-refractivity contribution in [3.63, 3.8) is 0 Å². The molecule has 0 atom stereocenters. The highest BCUT2D eigenvalue weighted by atomic mass is 19.1. The summed E-state index contributed by atoms with van der Waals surface area (Å²) in [6, 6.07) is 4.93. The second-order valence-corrected chi connectivity index (χ2v) is 3.52. The Balaban J connectivity index is 2.41. The maximum absolute atomic E-state index is 13.4. The van der Waals surface area contributed by atoms with Crippen molar-refractivity contribution in [2.75, 3.05) is 6.61 Å². The molecule has 0 spiro atoms. The lowest BCUT2D eigenvalue weighted by atomic mass is 10.1. The van der Waals surface area contributed by atoms with Crippen LogP contribution in [0.3, 0.4) is 0 Å². The minimum Gasteiger partial charge on any atom is -0.462 e. The minimum atomic E-state index is -0.828. The number of rotatable bonds is 3. The average Bonchev–Trinajstić information content (AvgIpc) is 2.40. The monoisotopic (exact) mass is 246 g/mol. The predicted octanol–water partition coefficient (Wildman–Crippen LogP) is 2.46. The predicted molar refractivity (Wildman–Crippen MR) is 63.4 cm³/mol. The molecule has 0 aliphatic heterocycles. The number of halogens is 1. The fraction of sp³-hybridized carbons (Fsp3) is 0.154. The van der Waals surface area contributed by atoms with E-state index in [1.165, 1.54) is 12.3 Å². The second-order valence-electron chi connectivity index (χ2n) is 3.52. The van der Waals surface area contributed by atoms with Crippen molar-refractivity contribution >= 4 is 5.97 Å². The van der Waals surface area contributed by atoms with E-state index in [1.807, 2.05) is 0 Å². The molecule has 4 nitrogen and oxygen atoms in total. The highest BCUT2D eigenvalue weighted by Gasteiger charge is 2.15. The first kappa shape index (κ1) is 12.2. The smallest absolute Gasteiger partial charge is 0.342 e. The lowest BCUT2D eigenvalue weighted by Crippen LogP contribution is -2.08. The van der Waals surface area contributed by atoms with Crippen molar-refractivity contribution in [3.05, 3.63) is 48.3 Å². The topological polar surface area (TPSA) is 52.1 Å². The molecule has 0 aliphatic carbocycles. The summed E-state index contributed by atoms with van der Waals surface area (Å²) < 4.78 is 18.2. The Kier molecular flexibility index (Phi) is 3.62. The Morgan fingerprint density at radius 1 is 1.33 bits per heavy atom.